The second kappa shape index (κ2) is 4.04. The molecule has 0 aliphatic carbocycles. The maximum absolute atomic E-state index is 8.70. The quantitative estimate of drug-likeness (QED) is 0.577. The van der Waals surface area contributed by atoms with Gasteiger partial charge in [0, 0.05) is 19.1 Å². The van der Waals surface area contributed by atoms with E-state index in [2.05, 4.69) is 11.8 Å². The van der Waals surface area contributed by atoms with Gasteiger partial charge in [0.15, 0.2) is 0 Å². The van der Waals surface area contributed by atoms with Gasteiger partial charge in [0.25, 0.3) is 0 Å². The van der Waals surface area contributed by atoms with Crippen molar-refractivity contribution in [1.82, 2.24) is 4.90 Å². The Balaban J connectivity index is 2.28. The first-order valence-corrected chi connectivity index (χ1v) is 4.33. The van der Waals surface area contributed by atoms with E-state index in [1.165, 1.54) is 0 Å². The number of aliphatic hydroxyl groups is 1. The van der Waals surface area contributed by atoms with Crippen LogP contribution >= 0.6 is 0 Å². The van der Waals surface area contributed by atoms with E-state index in [4.69, 9.17) is 10.8 Å². The zero-order valence-electron chi connectivity index (χ0n) is 7.16. The van der Waals surface area contributed by atoms with Crippen molar-refractivity contribution >= 4 is 0 Å². The molecule has 66 valence electrons. The Kier molecular flexibility index (Phi) is 3.30. The zero-order valence-corrected chi connectivity index (χ0v) is 7.16. The van der Waals surface area contributed by atoms with Crippen LogP contribution in [0.1, 0.15) is 13.3 Å². The number of β-amino-alcohol motifs (C(OH)–C–C–N with tert-alkyl or cyclic N) is 1. The van der Waals surface area contributed by atoms with Gasteiger partial charge in [0.05, 0.1) is 6.61 Å². The lowest BCUT2D eigenvalue weighted by Gasteiger charge is -2.34. The molecule has 0 aromatic carbocycles. The minimum Gasteiger partial charge on any atom is -0.395 e. The summed E-state index contributed by atoms with van der Waals surface area (Å²) in [6.45, 7) is 5.33. The Bertz CT molecular complexity index is 119. The highest BCUT2D eigenvalue weighted by Gasteiger charge is 2.21. The first-order valence-electron chi connectivity index (χ1n) is 4.33. The highest BCUT2D eigenvalue weighted by molar-refractivity contribution is 4.79. The molecular weight excluding hydrogens is 140 g/mol. The fourth-order valence-electron chi connectivity index (χ4n) is 1.59. The number of hydrogen-bond donors (Lipinski definition) is 2. The van der Waals surface area contributed by atoms with E-state index in [-0.39, 0.29) is 6.61 Å². The van der Waals surface area contributed by atoms with E-state index in [1.807, 2.05) is 0 Å². The van der Waals surface area contributed by atoms with Crippen molar-refractivity contribution in [3.05, 3.63) is 0 Å². The maximum atomic E-state index is 8.70. The van der Waals surface area contributed by atoms with Crippen molar-refractivity contribution in [3.8, 4) is 0 Å². The monoisotopic (exact) mass is 158 g/mol. The van der Waals surface area contributed by atoms with Crippen LogP contribution in [0.4, 0.5) is 0 Å². The molecule has 0 radical (unpaired) electrons. The van der Waals surface area contributed by atoms with Gasteiger partial charge in [-0.1, -0.05) is 6.92 Å². The lowest BCUT2D eigenvalue weighted by Crippen LogP contribution is -2.46. The van der Waals surface area contributed by atoms with Crippen LogP contribution in [0.25, 0.3) is 0 Å². The molecule has 3 nitrogen and oxygen atoms in total. The first kappa shape index (κ1) is 8.97. The summed E-state index contributed by atoms with van der Waals surface area (Å²) in [5.41, 5.74) is 5.85. The molecule has 0 amide bonds. The summed E-state index contributed by atoms with van der Waals surface area (Å²) in [4.78, 5) is 2.27. The van der Waals surface area contributed by atoms with Gasteiger partial charge in [-0.2, -0.15) is 0 Å². The molecule has 1 saturated heterocycles. The second-order valence-corrected chi connectivity index (χ2v) is 3.45. The average Bonchev–Trinajstić information content (AvgIpc) is 1.98. The molecular formula is C8H18N2O. The molecule has 0 bridgehead atoms. The summed E-state index contributed by atoms with van der Waals surface area (Å²) in [7, 11) is 0. The van der Waals surface area contributed by atoms with Crippen molar-refractivity contribution in [2.45, 2.75) is 19.4 Å². The molecule has 0 saturated carbocycles. The van der Waals surface area contributed by atoms with Crippen molar-refractivity contribution in [3.63, 3.8) is 0 Å². The Labute approximate surface area is 68.2 Å². The van der Waals surface area contributed by atoms with Crippen LogP contribution in [-0.2, 0) is 0 Å². The van der Waals surface area contributed by atoms with Crippen LogP contribution in [0, 0.1) is 5.92 Å². The summed E-state index contributed by atoms with van der Waals surface area (Å²) < 4.78 is 0. The number of likely N-dealkylation sites (tertiary alicyclic amines) is 1. The number of aliphatic hydroxyl groups excluding tert-OH is 1. The topological polar surface area (TPSA) is 49.5 Å². The van der Waals surface area contributed by atoms with Gasteiger partial charge in [-0.15, -0.1) is 0 Å². The molecule has 1 rings (SSSR count). The van der Waals surface area contributed by atoms with E-state index < -0.39 is 0 Å². The lowest BCUT2D eigenvalue weighted by atomic mass is 9.95. The van der Waals surface area contributed by atoms with Gasteiger partial charge in [0.1, 0.15) is 0 Å². The predicted octanol–water partition coefficient (Wildman–Crippen LogP) is -0.352. The molecule has 2 unspecified atom stereocenters. The van der Waals surface area contributed by atoms with Crippen molar-refractivity contribution in [2.24, 2.45) is 11.7 Å². The Hall–Kier alpha value is -0.120. The smallest absolute Gasteiger partial charge is 0.0558 e. The molecule has 3 N–H and O–H groups in total. The molecule has 0 spiro atoms. The highest BCUT2D eigenvalue weighted by Crippen LogP contribution is 2.13. The molecule has 2 atom stereocenters. The summed E-state index contributed by atoms with van der Waals surface area (Å²) >= 11 is 0. The van der Waals surface area contributed by atoms with E-state index in [0.29, 0.717) is 12.0 Å². The predicted molar refractivity (Wildman–Crippen MR) is 45.3 cm³/mol. The van der Waals surface area contributed by atoms with Gasteiger partial charge in [-0.25, -0.2) is 0 Å². The van der Waals surface area contributed by atoms with E-state index in [1.54, 1.807) is 0 Å². The van der Waals surface area contributed by atoms with Crippen LogP contribution in [0.2, 0.25) is 0 Å². The summed E-state index contributed by atoms with van der Waals surface area (Å²) in [6, 6.07) is 0.366. The highest BCUT2D eigenvalue weighted by atomic mass is 16.3. The molecule has 1 aliphatic rings. The molecule has 0 aromatic rings. The molecule has 3 heteroatoms. The van der Waals surface area contributed by atoms with E-state index in [0.717, 1.165) is 26.1 Å². The average molecular weight is 158 g/mol. The molecule has 0 aromatic heterocycles. The third-order valence-electron chi connectivity index (χ3n) is 2.47. The maximum Gasteiger partial charge on any atom is 0.0558 e. The normalized spacial score (nSPS) is 34.1. The summed E-state index contributed by atoms with van der Waals surface area (Å²) in [5.74, 6) is 0.579. The third kappa shape index (κ3) is 2.43. The summed E-state index contributed by atoms with van der Waals surface area (Å²) in [6.07, 6.45) is 1.07. The molecule has 1 heterocycles. The SMILES string of the molecule is CC1CN(CCO)CCC1N. The van der Waals surface area contributed by atoms with Crippen LogP contribution in [0.15, 0.2) is 0 Å². The Morgan fingerprint density at radius 2 is 2.36 bits per heavy atom. The van der Waals surface area contributed by atoms with Crippen molar-refractivity contribution in [2.75, 3.05) is 26.2 Å². The van der Waals surface area contributed by atoms with Gasteiger partial charge in [-0.3, -0.25) is 0 Å². The molecule has 11 heavy (non-hydrogen) atoms. The molecule has 1 fully saturated rings. The minimum absolute atomic E-state index is 0.266. The fourth-order valence-corrected chi connectivity index (χ4v) is 1.59. The van der Waals surface area contributed by atoms with E-state index in [9.17, 15) is 0 Å². The van der Waals surface area contributed by atoms with Gasteiger partial charge >= 0.3 is 0 Å². The van der Waals surface area contributed by atoms with Crippen LogP contribution in [-0.4, -0.2) is 42.3 Å². The zero-order chi connectivity index (χ0) is 8.27. The van der Waals surface area contributed by atoms with Crippen LogP contribution in [0.3, 0.4) is 0 Å². The summed E-state index contributed by atoms with van der Waals surface area (Å²) in [5, 5.41) is 8.70. The number of nitrogens with two attached hydrogens (primary N) is 1. The number of piperidine rings is 1. The third-order valence-corrected chi connectivity index (χ3v) is 2.47. The standard InChI is InChI=1S/C8H18N2O/c1-7-6-10(4-5-11)3-2-8(7)9/h7-8,11H,2-6,9H2,1H3. The van der Waals surface area contributed by atoms with Gasteiger partial charge in [-0.05, 0) is 18.9 Å². The van der Waals surface area contributed by atoms with Crippen LogP contribution < -0.4 is 5.73 Å². The lowest BCUT2D eigenvalue weighted by molar-refractivity contribution is 0.133. The van der Waals surface area contributed by atoms with Gasteiger partial charge < -0.3 is 15.7 Å². The number of hydrogen-bond acceptors (Lipinski definition) is 3. The van der Waals surface area contributed by atoms with Crippen molar-refractivity contribution < 1.29 is 5.11 Å². The second-order valence-electron chi connectivity index (χ2n) is 3.45. The van der Waals surface area contributed by atoms with Gasteiger partial charge in [0.2, 0.25) is 0 Å². The fraction of sp³-hybridized carbons (Fsp3) is 1.00. The minimum atomic E-state index is 0.266. The Morgan fingerprint density at radius 1 is 1.64 bits per heavy atom. The van der Waals surface area contributed by atoms with Crippen molar-refractivity contribution in [1.29, 1.82) is 0 Å². The Morgan fingerprint density at radius 3 is 2.91 bits per heavy atom. The van der Waals surface area contributed by atoms with E-state index >= 15 is 0 Å². The number of nitrogens with zero attached hydrogens (tertiary/aromatic N) is 1. The van der Waals surface area contributed by atoms with Crippen LogP contribution in [0.5, 0.6) is 0 Å². The first-order chi connectivity index (χ1) is 5.24. The number of rotatable bonds is 2. The molecule has 1 aliphatic heterocycles. The largest absolute Gasteiger partial charge is 0.395 e.